The standard InChI is InChI=1S/C20H20ClFN4O.C5H12.C2H6.CH3F/c1-12-9-18-14(17(24-25-18)5-6-20(2)7-8-20)11-26(12)19(27)23-13-3-4-16(22)15(21)10-13;1-5(2,3)4;2*1-2/h3-4,10,12H,7-9,11H2,1-2H3,(H,23,27)(H,24,25);1-4H3;1-2H3;1H3. The monoisotopic (exact) mass is 522 g/mol. The second-order valence-corrected chi connectivity index (χ2v) is 11.0. The predicted octanol–water partition coefficient (Wildman–Crippen LogP) is 8.00. The maximum absolute atomic E-state index is 13.3. The number of alkyl halides is 1. The van der Waals surface area contributed by atoms with Crippen molar-refractivity contribution in [3.05, 3.63) is 46.0 Å². The van der Waals surface area contributed by atoms with Crippen molar-refractivity contribution >= 4 is 23.3 Å². The maximum atomic E-state index is 13.3. The molecule has 1 unspecified atom stereocenters. The SMILES string of the molecule is CC.CC(C)(C)C.CC1Cc2[nH]nc(C#CC3(C)CC3)c2CN1C(=O)Nc1ccc(F)c(Cl)c1.CF. The van der Waals surface area contributed by atoms with Crippen molar-refractivity contribution in [1.29, 1.82) is 0 Å². The van der Waals surface area contributed by atoms with Crippen molar-refractivity contribution in [2.24, 2.45) is 10.8 Å². The number of carbonyl (C=O) groups is 1. The van der Waals surface area contributed by atoms with Gasteiger partial charge in [0.1, 0.15) is 11.5 Å². The minimum atomic E-state index is -0.517. The van der Waals surface area contributed by atoms with E-state index in [-0.39, 0.29) is 22.5 Å². The van der Waals surface area contributed by atoms with Crippen LogP contribution in [-0.4, -0.2) is 34.3 Å². The fraction of sp³-hybridized carbons (Fsp3) is 0.571. The number of nitrogens with zero attached hydrogens (tertiary/aromatic N) is 2. The summed E-state index contributed by atoms with van der Waals surface area (Å²) in [6, 6.07) is 3.86. The summed E-state index contributed by atoms with van der Waals surface area (Å²) < 4.78 is 22.8. The van der Waals surface area contributed by atoms with Gasteiger partial charge >= 0.3 is 6.03 Å². The largest absolute Gasteiger partial charge is 0.322 e. The van der Waals surface area contributed by atoms with Crippen LogP contribution in [0.4, 0.5) is 19.3 Å². The Morgan fingerprint density at radius 1 is 1.25 bits per heavy atom. The summed E-state index contributed by atoms with van der Waals surface area (Å²) in [5.74, 6) is 5.96. The van der Waals surface area contributed by atoms with E-state index < -0.39 is 5.82 Å². The maximum Gasteiger partial charge on any atom is 0.322 e. The van der Waals surface area contributed by atoms with Crippen molar-refractivity contribution in [3.8, 4) is 11.8 Å². The van der Waals surface area contributed by atoms with Gasteiger partial charge in [-0.1, -0.05) is 59.1 Å². The summed E-state index contributed by atoms with van der Waals surface area (Å²) in [6.07, 6.45) is 2.93. The third-order valence-electron chi connectivity index (χ3n) is 5.23. The number of hydrogen-bond acceptors (Lipinski definition) is 2. The number of fused-ring (bicyclic) bond motifs is 1. The molecule has 2 heterocycles. The molecule has 1 saturated carbocycles. The van der Waals surface area contributed by atoms with Gasteiger partial charge in [-0.2, -0.15) is 5.10 Å². The van der Waals surface area contributed by atoms with Crippen LogP contribution in [0.5, 0.6) is 0 Å². The van der Waals surface area contributed by atoms with Crippen LogP contribution < -0.4 is 5.32 Å². The molecule has 0 bridgehead atoms. The van der Waals surface area contributed by atoms with Crippen LogP contribution in [0.2, 0.25) is 5.02 Å². The number of rotatable bonds is 1. The first-order valence-corrected chi connectivity index (χ1v) is 12.7. The Morgan fingerprint density at radius 2 is 1.83 bits per heavy atom. The molecular weight excluding hydrogens is 482 g/mol. The van der Waals surface area contributed by atoms with Gasteiger partial charge in [-0.3, -0.25) is 9.49 Å². The van der Waals surface area contributed by atoms with Crippen molar-refractivity contribution in [2.45, 2.75) is 87.2 Å². The average molecular weight is 523 g/mol. The first-order valence-electron chi connectivity index (χ1n) is 12.3. The highest BCUT2D eigenvalue weighted by Gasteiger charge is 2.35. The molecule has 2 aromatic rings. The van der Waals surface area contributed by atoms with Crippen molar-refractivity contribution in [2.75, 3.05) is 12.5 Å². The normalized spacial score (nSPS) is 16.8. The summed E-state index contributed by atoms with van der Waals surface area (Å²) in [5.41, 5.74) is 3.79. The predicted molar refractivity (Wildman–Crippen MR) is 145 cm³/mol. The zero-order valence-corrected chi connectivity index (χ0v) is 23.8. The number of hydrogen-bond donors (Lipinski definition) is 2. The van der Waals surface area contributed by atoms with E-state index >= 15 is 0 Å². The molecule has 36 heavy (non-hydrogen) atoms. The van der Waals surface area contributed by atoms with Gasteiger partial charge in [0.05, 0.1) is 18.7 Å². The fourth-order valence-electron chi connectivity index (χ4n) is 3.14. The molecule has 2 aliphatic rings. The lowest BCUT2D eigenvalue weighted by molar-refractivity contribution is 0.182. The number of anilines is 1. The van der Waals surface area contributed by atoms with Crippen LogP contribution in [0.1, 0.15) is 85.2 Å². The highest BCUT2D eigenvalue weighted by molar-refractivity contribution is 6.31. The Bertz CT molecular complexity index is 1060. The quantitative estimate of drug-likeness (QED) is 0.373. The highest BCUT2D eigenvalue weighted by Crippen LogP contribution is 2.44. The van der Waals surface area contributed by atoms with Crippen LogP contribution >= 0.6 is 11.6 Å². The first-order chi connectivity index (χ1) is 16.8. The molecule has 200 valence electrons. The number of aromatic amines is 1. The van der Waals surface area contributed by atoms with Crippen molar-refractivity contribution in [3.63, 3.8) is 0 Å². The van der Waals surface area contributed by atoms with E-state index in [0.29, 0.717) is 36.9 Å². The minimum absolute atomic E-state index is 0.00405. The molecule has 0 radical (unpaired) electrons. The molecule has 1 aromatic heterocycles. The zero-order valence-electron chi connectivity index (χ0n) is 23.1. The van der Waals surface area contributed by atoms with E-state index in [2.05, 4.69) is 62.0 Å². The van der Waals surface area contributed by atoms with E-state index in [1.807, 2.05) is 20.8 Å². The molecule has 4 rings (SSSR count). The van der Waals surface area contributed by atoms with E-state index in [9.17, 15) is 13.6 Å². The van der Waals surface area contributed by atoms with E-state index in [1.54, 1.807) is 4.90 Å². The summed E-state index contributed by atoms with van der Waals surface area (Å²) in [7, 11) is 0.500. The average Bonchev–Trinajstić information content (AvgIpc) is 3.42. The Morgan fingerprint density at radius 3 is 2.36 bits per heavy atom. The number of amides is 2. The van der Waals surface area contributed by atoms with Crippen LogP contribution in [0.25, 0.3) is 0 Å². The second kappa shape index (κ2) is 13.6. The Balaban J connectivity index is 0.000000634. The lowest BCUT2D eigenvalue weighted by atomic mass is 9.99. The van der Waals surface area contributed by atoms with Gasteiger partial charge in [-0.15, -0.1) is 0 Å². The lowest BCUT2D eigenvalue weighted by Crippen LogP contribution is -2.44. The molecule has 1 aliphatic heterocycles. The lowest BCUT2D eigenvalue weighted by Gasteiger charge is -2.33. The van der Waals surface area contributed by atoms with Gasteiger partial charge in [0.2, 0.25) is 0 Å². The summed E-state index contributed by atoms with van der Waals surface area (Å²) in [4.78, 5) is 14.5. The zero-order chi connectivity index (χ0) is 27.7. The molecule has 0 spiro atoms. The van der Waals surface area contributed by atoms with E-state index in [1.165, 1.54) is 18.2 Å². The van der Waals surface area contributed by atoms with Gasteiger partial charge in [-0.05, 0) is 56.2 Å². The van der Waals surface area contributed by atoms with Crippen LogP contribution in [0.15, 0.2) is 18.2 Å². The van der Waals surface area contributed by atoms with Gasteiger partial charge in [0.25, 0.3) is 0 Å². The molecule has 1 fully saturated rings. The molecule has 5 nitrogen and oxygen atoms in total. The number of aromatic nitrogens is 2. The van der Waals surface area contributed by atoms with Crippen LogP contribution in [-0.2, 0) is 13.0 Å². The number of urea groups is 1. The third kappa shape index (κ3) is 9.81. The molecule has 0 saturated heterocycles. The number of benzene rings is 1. The second-order valence-electron chi connectivity index (χ2n) is 10.6. The van der Waals surface area contributed by atoms with Crippen LogP contribution in [0.3, 0.4) is 0 Å². The Labute approximate surface area is 220 Å². The molecular formula is C28H41ClF2N4O. The van der Waals surface area contributed by atoms with Gasteiger partial charge in [0, 0.05) is 34.8 Å². The Hall–Kier alpha value is -2.59. The summed E-state index contributed by atoms with van der Waals surface area (Å²) >= 11 is 5.79. The van der Waals surface area contributed by atoms with Gasteiger partial charge in [-0.25, -0.2) is 9.18 Å². The topological polar surface area (TPSA) is 61.0 Å². The summed E-state index contributed by atoms with van der Waals surface area (Å²) in [6.45, 7) is 17.3. The number of halogens is 3. The van der Waals surface area contributed by atoms with E-state index in [0.717, 1.165) is 24.1 Å². The molecule has 1 atom stereocenters. The molecule has 2 amide bonds. The summed E-state index contributed by atoms with van der Waals surface area (Å²) in [5, 5.41) is 10.2. The molecule has 1 aliphatic carbocycles. The Kier molecular flexibility index (Phi) is 11.9. The van der Waals surface area contributed by atoms with E-state index in [4.69, 9.17) is 11.6 Å². The van der Waals surface area contributed by atoms with Gasteiger partial charge < -0.3 is 10.2 Å². The molecule has 2 N–H and O–H groups in total. The van der Waals surface area contributed by atoms with Crippen molar-refractivity contribution < 1.29 is 13.6 Å². The third-order valence-corrected chi connectivity index (χ3v) is 5.52. The van der Waals surface area contributed by atoms with Gasteiger partial charge in [0.15, 0.2) is 0 Å². The molecule has 8 heteroatoms. The number of H-pyrrole nitrogens is 1. The molecule has 1 aromatic carbocycles. The fourth-order valence-corrected chi connectivity index (χ4v) is 3.32. The number of nitrogens with one attached hydrogen (secondary N) is 2. The smallest absolute Gasteiger partial charge is 0.317 e. The van der Waals surface area contributed by atoms with Crippen LogP contribution in [0, 0.1) is 28.5 Å². The minimum Gasteiger partial charge on any atom is -0.317 e. The number of carbonyl (C=O) groups excluding carboxylic acids is 1. The highest BCUT2D eigenvalue weighted by atomic mass is 35.5. The first kappa shape index (κ1) is 31.4. The van der Waals surface area contributed by atoms with Crippen molar-refractivity contribution in [1.82, 2.24) is 15.1 Å².